The van der Waals surface area contributed by atoms with Crippen LogP contribution >= 0.6 is 0 Å². The van der Waals surface area contributed by atoms with Crippen molar-refractivity contribution in [1.29, 1.82) is 0 Å². The summed E-state index contributed by atoms with van der Waals surface area (Å²) in [6.45, 7) is 5.91. The van der Waals surface area contributed by atoms with Crippen molar-refractivity contribution in [3.05, 3.63) is 0 Å². The van der Waals surface area contributed by atoms with Crippen LogP contribution in [0.3, 0.4) is 0 Å². The Hall–Kier alpha value is -1.58. The maximum Gasteiger partial charge on any atom is 0.249 e. The molecule has 0 aromatic carbocycles. The molecule has 2 aliphatic heterocycles. The van der Waals surface area contributed by atoms with Gasteiger partial charge in [0.25, 0.3) is 0 Å². The maximum atomic E-state index is 13.4. The lowest BCUT2D eigenvalue weighted by molar-refractivity contribution is -0.347. The lowest BCUT2D eigenvalue weighted by Gasteiger charge is -2.47. The summed E-state index contributed by atoms with van der Waals surface area (Å²) < 4.78 is 23.2. The van der Waals surface area contributed by atoms with Gasteiger partial charge in [0.2, 0.25) is 11.8 Å². The highest BCUT2D eigenvalue weighted by atomic mass is 16.7. The van der Waals surface area contributed by atoms with Crippen LogP contribution in [-0.4, -0.2) is 163 Å². The quantitative estimate of drug-likeness (QED) is 0.0277. The number of aliphatic hydroxyl groups is 9. The molecule has 0 bridgehead atoms. The van der Waals surface area contributed by atoms with E-state index in [4.69, 9.17) is 18.9 Å². The van der Waals surface area contributed by atoms with Crippen LogP contribution in [0.25, 0.3) is 0 Å². The van der Waals surface area contributed by atoms with Gasteiger partial charge in [-0.1, -0.05) is 220 Å². The van der Waals surface area contributed by atoms with E-state index in [-0.39, 0.29) is 12.8 Å². The van der Waals surface area contributed by atoms with Crippen molar-refractivity contribution in [1.82, 2.24) is 10.6 Å². The highest BCUT2D eigenvalue weighted by molar-refractivity contribution is 5.80. The zero-order chi connectivity index (χ0) is 54.5. The fraction of sp³-hybridized carbons (Fsp3) is 0.965. The van der Waals surface area contributed by atoms with Gasteiger partial charge >= 0.3 is 0 Å². The van der Waals surface area contributed by atoms with Gasteiger partial charge in [-0.05, 0) is 18.8 Å². The summed E-state index contributed by atoms with van der Waals surface area (Å²) in [6, 6.07) is -2.67. The van der Waals surface area contributed by atoms with Crippen LogP contribution < -0.4 is 10.6 Å². The molecule has 74 heavy (non-hydrogen) atoms. The fourth-order valence-electron chi connectivity index (χ4n) is 10.3. The van der Waals surface area contributed by atoms with Crippen molar-refractivity contribution >= 4 is 11.8 Å². The Labute approximate surface area is 446 Å². The molecule has 0 saturated carbocycles. The molecule has 2 rings (SSSR count). The van der Waals surface area contributed by atoms with Crippen LogP contribution in [0.5, 0.6) is 0 Å². The molecule has 0 spiro atoms. The Kier molecular flexibility index (Phi) is 39.2. The van der Waals surface area contributed by atoms with Crippen molar-refractivity contribution in [3.8, 4) is 0 Å². The van der Waals surface area contributed by atoms with Crippen molar-refractivity contribution in [3.63, 3.8) is 0 Å². The van der Waals surface area contributed by atoms with Crippen LogP contribution in [0.4, 0.5) is 0 Å². The van der Waals surface area contributed by atoms with Crippen LogP contribution in [0, 0.1) is 5.92 Å². The molecule has 2 heterocycles. The zero-order valence-electron chi connectivity index (χ0n) is 46.6. The molecule has 0 aliphatic carbocycles. The smallest absolute Gasteiger partial charge is 0.249 e. The Morgan fingerprint density at radius 2 is 0.946 bits per heavy atom. The third-order valence-corrected chi connectivity index (χ3v) is 15.1. The number of ether oxygens (including phenoxy) is 4. The van der Waals surface area contributed by atoms with Gasteiger partial charge in [0, 0.05) is 6.92 Å². The lowest BCUT2D eigenvalue weighted by atomic mass is 9.95. The van der Waals surface area contributed by atoms with Gasteiger partial charge in [-0.2, -0.15) is 0 Å². The second kappa shape index (κ2) is 42.4. The summed E-state index contributed by atoms with van der Waals surface area (Å²) in [5.41, 5.74) is 0. The normalized spacial score (nSPS) is 26.0. The van der Waals surface area contributed by atoms with Gasteiger partial charge in [0.15, 0.2) is 12.6 Å². The Balaban J connectivity index is 1.91. The first kappa shape index (κ1) is 68.5. The molecule has 17 heteroatoms. The number of amides is 2. The molecular weight excluding hydrogens is 953 g/mol. The fourth-order valence-corrected chi connectivity index (χ4v) is 10.3. The third-order valence-electron chi connectivity index (χ3n) is 15.1. The van der Waals surface area contributed by atoms with E-state index in [2.05, 4.69) is 31.4 Å². The minimum Gasteiger partial charge on any atom is -0.394 e. The summed E-state index contributed by atoms with van der Waals surface area (Å²) in [5.74, 6) is -0.600. The standard InChI is InChI=1S/C57H110N2O15/c1-5-6-7-8-9-10-11-12-13-14-15-16-17-22-25-28-31-34-37-45(64)55(70)59-43(49(65)44(63)36-33-30-27-24-21-19-18-20-23-26-29-32-35-41(2)3)40-71-57-53(69)52(68)54(47(39-61)73-57)74-56-48(58-42(4)62)51(67)50(66)46(38-60)72-56/h41,43-54,56-57,60-61,63-69H,5-40H2,1-4H3,(H,58,62)(H,59,70)/t43-,44+,45+,46+,47+,48+,49-,50+,51+,52+,53+,54-,56+,57-/m0/s1. The van der Waals surface area contributed by atoms with E-state index in [9.17, 15) is 55.5 Å². The molecule has 2 aliphatic rings. The molecule has 14 atom stereocenters. The molecular formula is C57H110N2O15. The molecule has 17 nitrogen and oxygen atoms in total. The molecule has 0 radical (unpaired) electrons. The molecule has 0 aromatic heterocycles. The summed E-state index contributed by atoms with van der Waals surface area (Å²) >= 11 is 0. The largest absolute Gasteiger partial charge is 0.394 e. The first-order valence-electron chi connectivity index (χ1n) is 29.8. The lowest BCUT2D eigenvalue weighted by Crippen LogP contribution is -2.67. The van der Waals surface area contributed by atoms with E-state index in [1.54, 1.807) is 0 Å². The van der Waals surface area contributed by atoms with Gasteiger partial charge in [-0.25, -0.2) is 0 Å². The summed E-state index contributed by atoms with van der Waals surface area (Å²) in [5, 5.41) is 102. The number of hydrogen-bond acceptors (Lipinski definition) is 15. The Bertz CT molecular complexity index is 1370. The first-order valence-corrected chi connectivity index (χ1v) is 29.8. The number of carbonyl (C=O) groups is 2. The Morgan fingerprint density at radius 1 is 0.527 bits per heavy atom. The summed E-state index contributed by atoms with van der Waals surface area (Å²) in [6.07, 6.45) is 18.7. The zero-order valence-corrected chi connectivity index (χ0v) is 46.6. The average Bonchev–Trinajstić information content (AvgIpc) is 3.38. The average molecular weight is 1060 g/mol. The van der Waals surface area contributed by atoms with E-state index in [1.165, 1.54) is 141 Å². The maximum absolute atomic E-state index is 13.4. The highest BCUT2D eigenvalue weighted by Crippen LogP contribution is 2.30. The first-order chi connectivity index (χ1) is 35.7. The number of carbonyl (C=O) groups excluding carboxylic acids is 2. The highest BCUT2D eigenvalue weighted by Gasteiger charge is 2.51. The number of rotatable bonds is 46. The van der Waals surface area contributed by atoms with Crippen molar-refractivity contribution < 1.29 is 74.5 Å². The summed E-state index contributed by atoms with van der Waals surface area (Å²) in [4.78, 5) is 25.4. The van der Waals surface area contributed by atoms with Crippen molar-refractivity contribution in [2.45, 2.75) is 325 Å². The van der Waals surface area contributed by atoms with Gasteiger partial charge in [-0.15, -0.1) is 0 Å². The van der Waals surface area contributed by atoms with Crippen molar-refractivity contribution in [2.75, 3.05) is 19.8 Å². The van der Waals surface area contributed by atoms with Gasteiger partial charge in [0.05, 0.1) is 32.0 Å². The number of hydrogen-bond donors (Lipinski definition) is 11. The van der Waals surface area contributed by atoms with E-state index in [0.717, 1.165) is 57.8 Å². The molecule has 11 N–H and O–H groups in total. The van der Waals surface area contributed by atoms with Crippen LogP contribution in [0.2, 0.25) is 0 Å². The van der Waals surface area contributed by atoms with Gasteiger partial charge in [0.1, 0.15) is 61.0 Å². The number of nitrogens with one attached hydrogen (secondary N) is 2. The monoisotopic (exact) mass is 1060 g/mol. The van der Waals surface area contributed by atoms with Crippen LogP contribution in [-0.2, 0) is 28.5 Å². The second-order valence-corrected chi connectivity index (χ2v) is 22.3. The van der Waals surface area contributed by atoms with Crippen LogP contribution in [0.15, 0.2) is 0 Å². The second-order valence-electron chi connectivity index (χ2n) is 22.3. The molecule has 0 aromatic rings. The van der Waals surface area contributed by atoms with E-state index in [0.29, 0.717) is 12.8 Å². The third kappa shape index (κ3) is 28.9. The van der Waals surface area contributed by atoms with E-state index < -0.39 is 117 Å². The molecule has 438 valence electrons. The van der Waals surface area contributed by atoms with E-state index in [1.807, 2.05) is 0 Å². The molecule has 2 saturated heterocycles. The van der Waals surface area contributed by atoms with Gasteiger partial charge in [-0.3, -0.25) is 9.59 Å². The summed E-state index contributed by atoms with van der Waals surface area (Å²) in [7, 11) is 0. The van der Waals surface area contributed by atoms with Crippen molar-refractivity contribution in [2.24, 2.45) is 5.92 Å². The van der Waals surface area contributed by atoms with E-state index >= 15 is 0 Å². The minimum absolute atomic E-state index is 0.202. The molecule has 2 amide bonds. The number of aliphatic hydroxyl groups excluding tert-OH is 9. The minimum atomic E-state index is -1.86. The SMILES string of the molecule is CCCCCCCCCCCCCCCCCCCC[C@@H](O)C(=O)N[C@@H](CO[C@H]1O[C@H](CO)[C@H](O[C@H]2O[C@H](CO)[C@@H](O)[C@H](O)[C@H]2NC(C)=O)[C@H](O)[C@H]1O)[C@H](O)[C@H](O)CCCCCCCCCCCCCCC(C)C. The van der Waals surface area contributed by atoms with Gasteiger partial charge < -0.3 is 75.5 Å². The molecule has 0 unspecified atom stereocenters. The Morgan fingerprint density at radius 3 is 1.38 bits per heavy atom. The molecule has 2 fully saturated rings. The predicted molar refractivity (Wildman–Crippen MR) is 287 cm³/mol. The number of unbranched alkanes of at least 4 members (excludes halogenated alkanes) is 28. The predicted octanol–water partition coefficient (Wildman–Crippen LogP) is 6.89. The topological polar surface area (TPSA) is 277 Å². The van der Waals surface area contributed by atoms with Crippen LogP contribution in [0.1, 0.15) is 240 Å².